The molecule has 0 atom stereocenters. The maximum atomic E-state index is 12.6. The summed E-state index contributed by atoms with van der Waals surface area (Å²) in [5.41, 5.74) is 3.29. The molecule has 30 heavy (non-hydrogen) atoms. The van der Waals surface area contributed by atoms with Crippen LogP contribution in [0.1, 0.15) is 15.9 Å². The van der Waals surface area contributed by atoms with Gasteiger partial charge in [-0.05, 0) is 72.8 Å². The number of halogens is 2. The fourth-order valence-corrected chi connectivity index (χ4v) is 3.41. The smallest absolute Gasteiger partial charge is 0.185 e. The number of phenolic OH excluding ortho intramolecular Hbond substituents is 1. The van der Waals surface area contributed by atoms with Crippen molar-refractivity contribution in [3.05, 3.63) is 106 Å². The van der Waals surface area contributed by atoms with Gasteiger partial charge in [0.25, 0.3) is 0 Å². The van der Waals surface area contributed by atoms with E-state index in [1.807, 2.05) is 30.3 Å². The average Bonchev–Trinajstić information content (AvgIpc) is 3.10. The van der Waals surface area contributed by atoms with Crippen LogP contribution in [-0.4, -0.2) is 20.7 Å². The fraction of sp³-hybridized carbons (Fsp3) is 0. The Morgan fingerprint density at radius 3 is 2.23 bits per heavy atom. The molecule has 1 N–H and O–H groups in total. The van der Waals surface area contributed by atoms with Gasteiger partial charge in [0, 0.05) is 21.7 Å². The number of rotatable bonds is 5. The summed E-state index contributed by atoms with van der Waals surface area (Å²) in [6.07, 6.45) is 3.12. The molecule has 4 rings (SSSR count). The minimum atomic E-state index is -0.174. The van der Waals surface area contributed by atoms with Gasteiger partial charge in [0.05, 0.1) is 5.69 Å². The molecule has 0 spiro atoms. The van der Waals surface area contributed by atoms with E-state index < -0.39 is 0 Å². The third kappa shape index (κ3) is 4.15. The van der Waals surface area contributed by atoms with Crippen LogP contribution in [0.5, 0.6) is 5.75 Å². The number of nitrogens with zero attached hydrogens (tertiary/aromatic N) is 2. The van der Waals surface area contributed by atoms with Gasteiger partial charge in [0.15, 0.2) is 5.78 Å². The van der Waals surface area contributed by atoms with E-state index in [9.17, 15) is 9.90 Å². The number of ketones is 1. The highest BCUT2D eigenvalue weighted by molar-refractivity contribution is 6.32. The first-order chi connectivity index (χ1) is 14.5. The monoisotopic (exact) mass is 434 g/mol. The summed E-state index contributed by atoms with van der Waals surface area (Å²) in [7, 11) is 0. The van der Waals surface area contributed by atoms with Crippen LogP contribution in [0.3, 0.4) is 0 Å². The third-order valence-electron chi connectivity index (χ3n) is 4.53. The van der Waals surface area contributed by atoms with Crippen molar-refractivity contribution in [3.8, 4) is 22.7 Å². The van der Waals surface area contributed by atoms with Crippen LogP contribution in [-0.2, 0) is 0 Å². The molecule has 0 aliphatic carbocycles. The van der Waals surface area contributed by atoms with Gasteiger partial charge in [-0.25, -0.2) is 4.68 Å². The zero-order chi connectivity index (χ0) is 21.1. The molecule has 0 unspecified atom stereocenters. The Labute approximate surface area is 183 Å². The van der Waals surface area contributed by atoms with Crippen LogP contribution in [0.15, 0.2) is 84.9 Å². The molecule has 0 saturated heterocycles. The van der Waals surface area contributed by atoms with Crippen LogP contribution in [0.25, 0.3) is 23.0 Å². The van der Waals surface area contributed by atoms with Crippen molar-refractivity contribution in [1.82, 2.24) is 9.78 Å². The number of carbonyl (C=O) groups excluding carboxylic acids is 1. The van der Waals surface area contributed by atoms with E-state index in [1.54, 1.807) is 59.3 Å². The van der Waals surface area contributed by atoms with E-state index in [-0.39, 0.29) is 11.5 Å². The second kappa shape index (κ2) is 8.57. The number of aromatic nitrogens is 2. The fourth-order valence-electron chi connectivity index (χ4n) is 3.00. The Balaban J connectivity index is 1.78. The van der Waals surface area contributed by atoms with Crippen molar-refractivity contribution in [2.45, 2.75) is 0 Å². The summed E-state index contributed by atoms with van der Waals surface area (Å²) in [5.74, 6) is -0.0193. The molecule has 3 aromatic carbocycles. The minimum Gasteiger partial charge on any atom is -0.508 e. The first-order valence-corrected chi connectivity index (χ1v) is 9.90. The molecule has 0 saturated carbocycles. The summed E-state index contributed by atoms with van der Waals surface area (Å²) in [5, 5.41) is 15.2. The Bertz CT molecular complexity index is 1210. The van der Waals surface area contributed by atoms with Crippen molar-refractivity contribution in [3.63, 3.8) is 0 Å². The predicted octanol–water partition coefficient (Wildman–Crippen LogP) is 6.45. The summed E-state index contributed by atoms with van der Waals surface area (Å²) in [6.45, 7) is 0. The first kappa shape index (κ1) is 20.0. The predicted molar refractivity (Wildman–Crippen MR) is 120 cm³/mol. The van der Waals surface area contributed by atoms with Gasteiger partial charge in [-0.15, -0.1) is 0 Å². The molecule has 0 radical (unpaired) electrons. The van der Waals surface area contributed by atoms with Gasteiger partial charge < -0.3 is 5.11 Å². The van der Waals surface area contributed by atoms with Gasteiger partial charge in [0.1, 0.15) is 16.6 Å². The average molecular weight is 435 g/mol. The maximum absolute atomic E-state index is 12.6. The molecule has 4 aromatic rings. The zero-order valence-electron chi connectivity index (χ0n) is 15.7. The van der Waals surface area contributed by atoms with Gasteiger partial charge in [0.2, 0.25) is 0 Å². The number of hydrogen-bond acceptors (Lipinski definition) is 3. The number of carbonyl (C=O) groups is 1. The number of phenols is 1. The number of benzene rings is 3. The van der Waals surface area contributed by atoms with Crippen LogP contribution in [0, 0.1) is 0 Å². The van der Waals surface area contributed by atoms with Gasteiger partial charge in [-0.1, -0.05) is 41.4 Å². The maximum Gasteiger partial charge on any atom is 0.185 e. The zero-order valence-corrected chi connectivity index (χ0v) is 17.2. The molecule has 4 nitrogen and oxygen atoms in total. The SMILES string of the molecule is O=C(/C=C/c1c(-c2ccc(O)cc2)nn(-c2ccccc2)c1Cl)c1ccc(Cl)cc1. The Hall–Kier alpha value is -3.34. The molecule has 0 amide bonds. The Kier molecular flexibility index (Phi) is 5.70. The highest BCUT2D eigenvalue weighted by atomic mass is 35.5. The lowest BCUT2D eigenvalue weighted by Gasteiger charge is -2.02. The van der Waals surface area contributed by atoms with E-state index >= 15 is 0 Å². The van der Waals surface area contributed by atoms with E-state index in [4.69, 9.17) is 23.2 Å². The van der Waals surface area contributed by atoms with E-state index in [0.29, 0.717) is 27.0 Å². The van der Waals surface area contributed by atoms with Crippen molar-refractivity contribution >= 4 is 35.1 Å². The van der Waals surface area contributed by atoms with Gasteiger partial charge in [-0.2, -0.15) is 5.10 Å². The topological polar surface area (TPSA) is 55.1 Å². The Morgan fingerprint density at radius 2 is 1.57 bits per heavy atom. The van der Waals surface area contributed by atoms with Crippen molar-refractivity contribution in [2.75, 3.05) is 0 Å². The Morgan fingerprint density at radius 1 is 0.900 bits per heavy atom. The lowest BCUT2D eigenvalue weighted by atomic mass is 10.1. The molecule has 0 aliphatic heterocycles. The number of hydrogen-bond donors (Lipinski definition) is 1. The lowest BCUT2D eigenvalue weighted by molar-refractivity contribution is 0.104. The summed E-state index contributed by atoms with van der Waals surface area (Å²) < 4.78 is 1.62. The van der Waals surface area contributed by atoms with Crippen molar-refractivity contribution < 1.29 is 9.90 Å². The van der Waals surface area contributed by atoms with Crippen LogP contribution in [0.4, 0.5) is 0 Å². The minimum absolute atomic E-state index is 0.155. The summed E-state index contributed by atoms with van der Waals surface area (Å²) in [4.78, 5) is 12.6. The molecule has 0 bridgehead atoms. The third-order valence-corrected chi connectivity index (χ3v) is 5.15. The molecular formula is C24H16Cl2N2O2. The number of aromatic hydroxyl groups is 1. The van der Waals surface area contributed by atoms with E-state index in [1.165, 1.54) is 6.08 Å². The summed E-state index contributed by atoms with van der Waals surface area (Å²) in [6, 6.07) is 22.8. The quantitative estimate of drug-likeness (QED) is 0.290. The van der Waals surface area contributed by atoms with Crippen LogP contribution < -0.4 is 0 Å². The molecule has 0 fully saturated rings. The standard InChI is InChI=1S/C24H16Cl2N2O2/c25-18-10-6-16(7-11-18)22(30)15-14-21-23(17-8-12-20(29)13-9-17)27-28(24(21)26)19-4-2-1-3-5-19/h1-15,29H/b15-14+. The van der Waals surface area contributed by atoms with Crippen molar-refractivity contribution in [2.24, 2.45) is 0 Å². The van der Waals surface area contributed by atoms with Crippen molar-refractivity contribution in [1.29, 1.82) is 0 Å². The second-order valence-electron chi connectivity index (χ2n) is 6.55. The molecule has 6 heteroatoms. The lowest BCUT2D eigenvalue weighted by Crippen LogP contribution is -1.96. The first-order valence-electron chi connectivity index (χ1n) is 9.14. The molecular weight excluding hydrogens is 419 g/mol. The van der Waals surface area contributed by atoms with Crippen LogP contribution >= 0.6 is 23.2 Å². The van der Waals surface area contributed by atoms with Gasteiger partial charge >= 0.3 is 0 Å². The van der Waals surface area contributed by atoms with Gasteiger partial charge in [-0.3, -0.25) is 4.79 Å². The van der Waals surface area contributed by atoms with E-state index in [2.05, 4.69) is 5.10 Å². The van der Waals surface area contributed by atoms with Crippen LogP contribution in [0.2, 0.25) is 10.2 Å². The highest BCUT2D eigenvalue weighted by Crippen LogP contribution is 2.32. The molecule has 148 valence electrons. The molecule has 0 aliphatic rings. The highest BCUT2D eigenvalue weighted by Gasteiger charge is 2.17. The summed E-state index contributed by atoms with van der Waals surface area (Å²) >= 11 is 12.6. The molecule has 1 aromatic heterocycles. The number of allylic oxidation sites excluding steroid dienone is 1. The normalized spacial score (nSPS) is 11.1. The molecule has 1 heterocycles. The second-order valence-corrected chi connectivity index (χ2v) is 7.35. The van der Waals surface area contributed by atoms with E-state index in [0.717, 1.165) is 11.3 Å². The number of para-hydroxylation sites is 1. The largest absolute Gasteiger partial charge is 0.508 e.